The minimum atomic E-state index is -0.498. The number of amides is 1. The maximum Gasteiger partial charge on any atom is 0.408 e. The van der Waals surface area contributed by atoms with E-state index in [9.17, 15) is 4.79 Å². The van der Waals surface area contributed by atoms with Gasteiger partial charge in [-0.3, -0.25) is 0 Å². The standard InChI is InChI=1S/C18H24BrNO2/c1-5-6-11-18(20-16(21)22-17(2,3)4)12-10-13-14(18)8-7-9-15(13)19/h5,7-9H,1,6,10-12H2,2-4H3,(H,20,21). The molecule has 0 radical (unpaired) electrons. The van der Waals surface area contributed by atoms with Crippen LogP contribution in [0.3, 0.4) is 0 Å². The van der Waals surface area contributed by atoms with Gasteiger partial charge in [-0.15, -0.1) is 6.58 Å². The van der Waals surface area contributed by atoms with Crippen LogP contribution in [0.4, 0.5) is 4.79 Å². The van der Waals surface area contributed by atoms with Gasteiger partial charge in [0.15, 0.2) is 0 Å². The molecule has 1 aromatic rings. The molecule has 0 heterocycles. The van der Waals surface area contributed by atoms with Gasteiger partial charge in [0.25, 0.3) is 0 Å². The number of allylic oxidation sites excluding steroid dienone is 1. The van der Waals surface area contributed by atoms with Crippen molar-refractivity contribution in [2.24, 2.45) is 0 Å². The van der Waals surface area contributed by atoms with Crippen LogP contribution >= 0.6 is 15.9 Å². The van der Waals surface area contributed by atoms with Crippen LogP contribution in [0.15, 0.2) is 35.3 Å². The van der Waals surface area contributed by atoms with Crippen LogP contribution < -0.4 is 5.32 Å². The zero-order chi connectivity index (χ0) is 16.4. The summed E-state index contributed by atoms with van der Waals surface area (Å²) in [5, 5.41) is 3.14. The molecule has 22 heavy (non-hydrogen) atoms. The van der Waals surface area contributed by atoms with E-state index in [4.69, 9.17) is 4.74 Å². The molecule has 2 rings (SSSR count). The van der Waals surface area contributed by atoms with E-state index in [2.05, 4.69) is 40.0 Å². The zero-order valence-electron chi connectivity index (χ0n) is 13.5. The number of halogens is 1. The molecule has 1 unspecified atom stereocenters. The van der Waals surface area contributed by atoms with Crippen LogP contribution in [0.2, 0.25) is 0 Å². The van der Waals surface area contributed by atoms with Crippen molar-refractivity contribution in [2.45, 2.75) is 57.6 Å². The van der Waals surface area contributed by atoms with E-state index in [-0.39, 0.29) is 11.6 Å². The van der Waals surface area contributed by atoms with Gasteiger partial charge >= 0.3 is 6.09 Å². The summed E-state index contributed by atoms with van der Waals surface area (Å²) in [6, 6.07) is 6.18. The maximum atomic E-state index is 12.3. The first-order valence-corrected chi connectivity index (χ1v) is 8.47. The van der Waals surface area contributed by atoms with Gasteiger partial charge in [0.05, 0.1) is 5.54 Å². The number of rotatable bonds is 4. The van der Waals surface area contributed by atoms with Crippen LogP contribution in [-0.4, -0.2) is 11.7 Å². The summed E-state index contributed by atoms with van der Waals surface area (Å²) in [6.07, 6.45) is 5.06. The van der Waals surface area contributed by atoms with E-state index < -0.39 is 5.60 Å². The topological polar surface area (TPSA) is 38.3 Å². The highest BCUT2D eigenvalue weighted by molar-refractivity contribution is 9.10. The number of nitrogens with one attached hydrogen (secondary N) is 1. The average molecular weight is 366 g/mol. The number of benzene rings is 1. The molecule has 0 spiro atoms. The third-order valence-corrected chi connectivity index (χ3v) is 4.69. The fraction of sp³-hybridized carbons (Fsp3) is 0.500. The highest BCUT2D eigenvalue weighted by atomic mass is 79.9. The predicted molar refractivity (Wildman–Crippen MR) is 92.9 cm³/mol. The summed E-state index contributed by atoms with van der Waals surface area (Å²) < 4.78 is 6.57. The Hall–Kier alpha value is -1.29. The molecule has 0 fully saturated rings. The van der Waals surface area contributed by atoms with Crippen molar-refractivity contribution in [3.05, 3.63) is 46.5 Å². The predicted octanol–water partition coefficient (Wildman–Crippen LogP) is 5.08. The number of hydrogen-bond donors (Lipinski definition) is 1. The van der Waals surface area contributed by atoms with Gasteiger partial charge in [0.2, 0.25) is 0 Å². The Morgan fingerprint density at radius 3 is 2.86 bits per heavy atom. The van der Waals surface area contributed by atoms with Crippen molar-refractivity contribution in [1.29, 1.82) is 0 Å². The lowest BCUT2D eigenvalue weighted by atomic mass is 9.87. The fourth-order valence-electron chi connectivity index (χ4n) is 3.03. The lowest BCUT2D eigenvalue weighted by Gasteiger charge is -2.33. The normalized spacial score (nSPS) is 20.4. The second-order valence-corrected chi connectivity index (χ2v) is 7.66. The molecule has 0 aromatic heterocycles. The molecule has 0 bridgehead atoms. The minimum Gasteiger partial charge on any atom is -0.444 e. The van der Waals surface area contributed by atoms with Gasteiger partial charge in [0.1, 0.15) is 5.60 Å². The molecule has 120 valence electrons. The number of ether oxygens (including phenoxy) is 1. The summed E-state index contributed by atoms with van der Waals surface area (Å²) >= 11 is 3.62. The molecular weight excluding hydrogens is 342 g/mol. The first kappa shape index (κ1) is 17.1. The average Bonchev–Trinajstić information content (AvgIpc) is 2.75. The van der Waals surface area contributed by atoms with Gasteiger partial charge in [-0.2, -0.15) is 0 Å². The van der Waals surface area contributed by atoms with E-state index >= 15 is 0 Å². The Labute approximate surface area is 141 Å². The molecule has 0 saturated heterocycles. The third kappa shape index (κ3) is 3.72. The van der Waals surface area contributed by atoms with Gasteiger partial charge in [-0.1, -0.05) is 34.1 Å². The van der Waals surface area contributed by atoms with Crippen molar-refractivity contribution < 1.29 is 9.53 Å². The molecule has 4 heteroatoms. The molecule has 3 nitrogen and oxygen atoms in total. The van der Waals surface area contributed by atoms with Gasteiger partial charge in [-0.05, 0) is 63.6 Å². The molecule has 0 aliphatic heterocycles. The molecule has 1 aliphatic carbocycles. The van der Waals surface area contributed by atoms with Crippen LogP contribution in [-0.2, 0) is 16.7 Å². The second kappa shape index (κ2) is 6.45. The summed E-state index contributed by atoms with van der Waals surface area (Å²) in [5.74, 6) is 0. The quantitative estimate of drug-likeness (QED) is 0.755. The Morgan fingerprint density at radius 2 is 2.23 bits per heavy atom. The van der Waals surface area contributed by atoms with Gasteiger partial charge in [-0.25, -0.2) is 4.79 Å². The van der Waals surface area contributed by atoms with E-state index in [1.807, 2.05) is 32.9 Å². The summed E-state index contributed by atoms with van der Waals surface area (Å²) in [4.78, 5) is 12.3. The Bertz CT molecular complexity index is 577. The lowest BCUT2D eigenvalue weighted by Crippen LogP contribution is -2.46. The van der Waals surface area contributed by atoms with Crippen LogP contribution in [0.5, 0.6) is 0 Å². The van der Waals surface area contributed by atoms with Crippen molar-refractivity contribution in [2.75, 3.05) is 0 Å². The SMILES string of the molecule is C=CCCC1(NC(=O)OC(C)(C)C)CCc2c(Br)cccc21. The second-order valence-electron chi connectivity index (χ2n) is 6.80. The number of carbonyl (C=O) groups excluding carboxylic acids is 1. The first-order valence-electron chi connectivity index (χ1n) is 7.67. The summed E-state index contributed by atoms with van der Waals surface area (Å²) in [6.45, 7) is 9.44. The Morgan fingerprint density at radius 1 is 1.50 bits per heavy atom. The van der Waals surface area contributed by atoms with Gasteiger partial charge in [0, 0.05) is 4.47 Å². The van der Waals surface area contributed by atoms with Crippen LogP contribution in [0.1, 0.15) is 51.2 Å². The largest absolute Gasteiger partial charge is 0.444 e. The molecule has 1 aliphatic rings. The maximum absolute atomic E-state index is 12.3. The van der Waals surface area contributed by atoms with Crippen molar-refractivity contribution in [3.63, 3.8) is 0 Å². The zero-order valence-corrected chi connectivity index (χ0v) is 15.1. The summed E-state index contributed by atoms with van der Waals surface area (Å²) in [5.41, 5.74) is 1.61. The molecule has 0 saturated carbocycles. The molecule has 1 amide bonds. The van der Waals surface area contributed by atoms with E-state index in [1.54, 1.807) is 0 Å². The number of hydrogen-bond acceptors (Lipinski definition) is 2. The van der Waals surface area contributed by atoms with Gasteiger partial charge < -0.3 is 10.1 Å². The first-order chi connectivity index (χ1) is 10.3. The minimum absolute atomic E-state index is 0.357. The van der Waals surface area contributed by atoms with Crippen molar-refractivity contribution in [1.82, 2.24) is 5.32 Å². The smallest absolute Gasteiger partial charge is 0.408 e. The molecule has 1 N–H and O–H groups in total. The summed E-state index contributed by atoms with van der Waals surface area (Å²) in [7, 11) is 0. The van der Waals surface area contributed by atoms with E-state index in [0.717, 1.165) is 30.2 Å². The fourth-order valence-corrected chi connectivity index (χ4v) is 3.60. The Kier molecular flexibility index (Phi) is 5.00. The third-order valence-electron chi connectivity index (χ3n) is 3.95. The van der Waals surface area contributed by atoms with E-state index in [0.29, 0.717) is 0 Å². The molecule has 1 aromatic carbocycles. The van der Waals surface area contributed by atoms with Crippen LogP contribution in [0.25, 0.3) is 0 Å². The Balaban J connectivity index is 2.30. The molecule has 1 atom stereocenters. The lowest BCUT2D eigenvalue weighted by molar-refractivity contribution is 0.0445. The number of carbonyl (C=O) groups is 1. The van der Waals surface area contributed by atoms with E-state index in [1.165, 1.54) is 11.1 Å². The number of fused-ring (bicyclic) bond motifs is 1. The monoisotopic (exact) mass is 365 g/mol. The molecular formula is C18H24BrNO2. The van der Waals surface area contributed by atoms with Crippen molar-refractivity contribution >= 4 is 22.0 Å². The number of alkyl carbamates (subject to hydrolysis) is 1. The van der Waals surface area contributed by atoms with Crippen molar-refractivity contribution in [3.8, 4) is 0 Å². The highest BCUT2D eigenvalue weighted by Gasteiger charge is 2.41. The van der Waals surface area contributed by atoms with Crippen LogP contribution in [0, 0.1) is 0 Å². The highest BCUT2D eigenvalue weighted by Crippen LogP contribution is 2.43.